The minimum absolute atomic E-state index is 0.210. The van der Waals surface area contributed by atoms with E-state index in [0.29, 0.717) is 0 Å². The van der Waals surface area contributed by atoms with Gasteiger partial charge in [-0.3, -0.25) is 0 Å². The zero-order valence-electron chi connectivity index (χ0n) is 12.6. The van der Waals surface area contributed by atoms with Crippen molar-refractivity contribution in [2.75, 3.05) is 7.11 Å². The second-order valence-corrected chi connectivity index (χ2v) is 6.05. The van der Waals surface area contributed by atoms with Crippen molar-refractivity contribution in [1.82, 2.24) is 0 Å². The van der Waals surface area contributed by atoms with Crippen LogP contribution >= 0.6 is 0 Å². The lowest BCUT2D eigenvalue weighted by Gasteiger charge is -2.20. The molecule has 3 heteroatoms. The maximum Gasteiger partial charge on any atom is 0.129 e. The first-order valence-electron chi connectivity index (χ1n) is 7.13. The lowest BCUT2D eigenvalue weighted by molar-refractivity contribution is 0.131. The van der Waals surface area contributed by atoms with Crippen LogP contribution in [0.25, 0.3) is 0 Å². The molecule has 110 valence electrons. The standard InChI is InChI=1S/C18H20O3/c1-18(2)11-13-5-4-6-15(17(13)21-18)16(19)12-7-9-14(20-3)10-8-12/h4-10,16,19H,11H2,1-3H3. The number of aliphatic hydroxyl groups is 1. The number of para-hydroxylation sites is 1. The van der Waals surface area contributed by atoms with E-state index < -0.39 is 6.10 Å². The van der Waals surface area contributed by atoms with Gasteiger partial charge in [0.15, 0.2) is 0 Å². The van der Waals surface area contributed by atoms with Gasteiger partial charge in [0, 0.05) is 12.0 Å². The molecule has 0 aliphatic carbocycles. The Hall–Kier alpha value is -2.00. The SMILES string of the molecule is COc1ccc(C(O)c2cccc3c2OC(C)(C)C3)cc1. The number of hydrogen-bond donors (Lipinski definition) is 1. The predicted octanol–water partition coefficient (Wildman–Crippen LogP) is 3.49. The van der Waals surface area contributed by atoms with Gasteiger partial charge in [-0.2, -0.15) is 0 Å². The van der Waals surface area contributed by atoms with Gasteiger partial charge < -0.3 is 14.6 Å². The van der Waals surface area contributed by atoms with Crippen LogP contribution in [0.15, 0.2) is 42.5 Å². The quantitative estimate of drug-likeness (QED) is 0.937. The third-order valence-electron chi connectivity index (χ3n) is 3.85. The van der Waals surface area contributed by atoms with E-state index in [4.69, 9.17) is 9.47 Å². The van der Waals surface area contributed by atoms with Gasteiger partial charge in [0.1, 0.15) is 23.2 Å². The summed E-state index contributed by atoms with van der Waals surface area (Å²) in [5, 5.41) is 10.7. The highest BCUT2D eigenvalue weighted by Crippen LogP contribution is 2.41. The second kappa shape index (κ2) is 5.08. The highest BCUT2D eigenvalue weighted by Gasteiger charge is 2.33. The van der Waals surface area contributed by atoms with Crippen LogP contribution in [-0.2, 0) is 6.42 Å². The topological polar surface area (TPSA) is 38.7 Å². The van der Waals surface area contributed by atoms with Crippen molar-refractivity contribution in [2.24, 2.45) is 0 Å². The molecule has 0 bridgehead atoms. The summed E-state index contributed by atoms with van der Waals surface area (Å²) in [6, 6.07) is 13.4. The molecule has 1 heterocycles. The number of methoxy groups -OCH3 is 1. The molecule has 1 aliphatic rings. The summed E-state index contributed by atoms with van der Waals surface area (Å²) in [6.45, 7) is 4.13. The molecule has 0 fully saturated rings. The van der Waals surface area contributed by atoms with E-state index in [0.717, 1.165) is 34.6 Å². The first-order chi connectivity index (χ1) is 10.00. The number of rotatable bonds is 3. The van der Waals surface area contributed by atoms with E-state index in [-0.39, 0.29) is 5.60 Å². The molecule has 2 aromatic rings. The van der Waals surface area contributed by atoms with E-state index in [9.17, 15) is 5.11 Å². The average molecular weight is 284 g/mol. The summed E-state index contributed by atoms with van der Waals surface area (Å²) in [5.41, 5.74) is 2.60. The normalized spacial score (nSPS) is 17.0. The van der Waals surface area contributed by atoms with Crippen molar-refractivity contribution in [3.8, 4) is 11.5 Å². The molecule has 0 saturated heterocycles. The fraction of sp³-hybridized carbons (Fsp3) is 0.333. The van der Waals surface area contributed by atoms with Crippen LogP contribution in [-0.4, -0.2) is 17.8 Å². The van der Waals surface area contributed by atoms with Crippen molar-refractivity contribution >= 4 is 0 Å². The molecule has 3 rings (SSSR count). The lowest BCUT2D eigenvalue weighted by Crippen LogP contribution is -2.25. The Balaban J connectivity index is 1.96. The molecule has 2 aromatic carbocycles. The zero-order chi connectivity index (χ0) is 15.0. The van der Waals surface area contributed by atoms with Crippen LogP contribution in [0.2, 0.25) is 0 Å². The molecule has 1 N–H and O–H groups in total. The van der Waals surface area contributed by atoms with E-state index in [2.05, 4.69) is 19.9 Å². The summed E-state index contributed by atoms with van der Waals surface area (Å²) in [5.74, 6) is 1.60. The zero-order valence-corrected chi connectivity index (χ0v) is 12.6. The van der Waals surface area contributed by atoms with Crippen molar-refractivity contribution in [1.29, 1.82) is 0 Å². The molecule has 0 aromatic heterocycles. The first kappa shape index (κ1) is 14.0. The molecule has 0 radical (unpaired) electrons. The summed E-state index contributed by atoms with van der Waals surface area (Å²) in [4.78, 5) is 0. The maximum absolute atomic E-state index is 10.7. The molecule has 3 nitrogen and oxygen atoms in total. The van der Waals surface area contributed by atoms with Gasteiger partial charge in [-0.15, -0.1) is 0 Å². The lowest BCUT2D eigenvalue weighted by atomic mass is 9.96. The minimum atomic E-state index is -0.695. The van der Waals surface area contributed by atoms with Crippen molar-refractivity contribution < 1.29 is 14.6 Å². The predicted molar refractivity (Wildman–Crippen MR) is 81.9 cm³/mol. The monoisotopic (exact) mass is 284 g/mol. The molecule has 0 spiro atoms. The molecule has 1 aliphatic heterocycles. The Morgan fingerprint density at radius 3 is 2.52 bits per heavy atom. The van der Waals surface area contributed by atoms with Crippen LogP contribution in [0.5, 0.6) is 11.5 Å². The molecule has 21 heavy (non-hydrogen) atoms. The summed E-state index contributed by atoms with van der Waals surface area (Å²) >= 11 is 0. The van der Waals surface area contributed by atoms with E-state index in [1.807, 2.05) is 36.4 Å². The first-order valence-corrected chi connectivity index (χ1v) is 7.13. The van der Waals surface area contributed by atoms with Gasteiger partial charge in [0.05, 0.1) is 7.11 Å². The van der Waals surface area contributed by atoms with Crippen LogP contribution in [0.1, 0.15) is 36.6 Å². The Morgan fingerprint density at radius 1 is 1.14 bits per heavy atom. The Bertz CT molecular complexity index is 644. The number of ether oxygens (including phenoxy) is 2. The van der Waals surface area contributed by atoms with E-state index in [1.54, 1.807) is 7.11 Å². The number of hydrogen-bond acceptors (Lipinski definition) is 3. The Labute approximate surface area is 125 Å². The Morgan fingerprint density at radius 2 is 1.86 bits per heavy atom. The van der Waals surface area contributed by atoms with Gasteiger partial charge in [-0.05, 0) is 37.1 Å². The van der Waals surface area contributed by atoms with Gasteiger partial charge in [0.2, 0.25) is 0 Å². The number of benzene rings is 2. The van der Waals surface area contributed by atoms with Crippen molar-refractivity contribution in [3.05, 3.63) is 59.2 Å². The van der Waals surface area contributed by atoms with Crippen molar-refractivity contribution in [3.63, 3.8) is 0 Å². The van der Waals surface area contributed by atoms with E-state index >= 15 is 0 Å². The van der Waals surface area contributed by atoms with Crippen molar-refractivity contribution in [2.45, 2.75) is 32.0 Å². The molecular weight excluding hydrogens is 264 g/mol. The number of aliphatic hydroxyl groups excluding tert-OH is 1. The summed E-state index contributed by atoms with van der Waals surface area (Å²) in [6.07, 6.45) is 0.172. The Kier molecular flexibility index (Phi) is 3.38. The largest absolute Gasteiger partial charge is 0.497 e. The van der Waals surface area contributed by atoms with Crippen LogP contribution < -0.4 is 9.47 Å². The molecular formula is C18H20O3. The molecule has 1 atom stereocenters. The smallest absolute Gasteiger partial charge is 0.129 e. The van der Waals surface area contributed by atoms with Crippen LogP contribution in [0.3, 0.4) is 0 Å². The highest BCUT2D eigenvalue weighted by molar-refractivity contribution is 5.49. The minimum Gasteiger partial charge on any atom is -0.497 e. The summed E-state index contributed by atoms with van der Waals surface area (Å²) < 4.78 is 11.2. The third kappa shape index (κ3) is 2.61. The molecule has 0 amide bonds. The van der Waals surface area contributed by atoms with Crippen LogP contribution in [0, 0.1) is 0 Å². The molecule has 0 saturated carbocycles. The average Bonchev–Trinajstić information content (AvgIpc) is 2.80. The van der Waals surface area contributed by atoms with Crippen LogP contribution in [0.4, 0.5) is 0 Å². The van der Waals surface area contributed by atoms with Gasteiger partial charge in [0.25, 0.3) is 0 Å². The van der Waals surface area contributed by atoms with Gasteiger partial charge in [-0.25, -0.2) is 0 Å². The second-order valence-electron chi connectivity index (χ2n) is 6.05. The fourth-order valence-electron chi connectivity index (χ4n) is 2.82. The van der Waals surface area contributed by atoms with Gasteiger partial charge >= 0.3 is 0 Å². The van der Waals surface area contributed by atoms with E-state index in [1.165, 1.54) is 0 Å². The highest BCUT2D eigenvalue weighted by atomic mass is 16.5. The third-order valence-corrected chi connectivity index (χ3v) is 3.85. The summed E-state index contributed by atoms with van der Waals surface area (Å²) in [7, 11) is 1.63. The maximum atomic E-state index is 10.7. The van der Waals surface area contributed by atoms with Gasteiger partial charge in [-0.1, -0.05) is 30.3 Å². The fourth-order valence-corrected chi connectivity index (χ4v) is 2.82. The molecule has 1 unspecified atom stereocenters. The number of fused-ring (bicyclic) bond motifs is 1.